The second-order valence-corrected chi connectivity index (χ2v) is 6.38. The van der Waals surface area contributed by atoms with Gasteiger partial charge in [-0.05, 0) is 55.5 Å². The van der Waals surface area contributed by atoms with Crippen molar-refractivity contribution in [3.63, 3.8) is 0 Å². The Morgan fingerprint density at radius 1 is 1.15 bits per heavy atom. The summed E-state index contributed by atoms with van der Waals surface area (Å²) in [4.78, 5) is 9.39. The molecule has 0 saturated carbocycles. The van der Waals surface area contributed by atoms with Crippen LogP contribution < -0.4 is 10.6 Å². The number of benzene rings is 1. The van der Waals surface area contributed by atoms with Gasteiger partial charge < -0.3 is 10.6 Å². The lowest BCUT2D eigenvalue weighted by molar-refractivity contribution is 0.599. The predicted octanol–water partition coefficient (Wildman–Crippen LogP) is 4.22. The standard InChI is InChI=1S/C18H22F2N4S.HI/c1-2-21-18(24-13-17-16(20)5-3-10-22-17)23-11-4-12-25-15-8-6-14(19)7-9-15;/h3,5-10H,2,4,11-13H2,1H3,(H2,21,23,24);1H. The highest BCUT2D eigenvalue weighted by Gasteiger charge is 2.03. The molecule has 0 saturated heterocycles. The van der Waals surface area contributed by atoms with Gasteiger partial charge in [-0.2, -0.15) is 0 Å². The zero-order chi connectivity index (χ0) is 17.9. The minimum Gasteiger partial charge on any atom is -0.357 e. The molecule has 26 heavy (non-hydrogen) atoms. The van der Waals surface area contributed by atoms with Crippen molar-refractivity contribution in [2.24, 2.45) is 4.99 Å². The largest absolute Gasteiger partial charge is 0.357 e. The molecule has 1 aromatic carbocycles. The summed E-state index contributed by atoms with van der Waals surface area (Å²) in [5.74, 6) is 0.978. The van der Waals surface area contributed by atoms with Gasteiger partial charge in [0, 0.05) is 24.2 Å². The zero-order valence-corrected chi connectivity index (χ0v) is 17.7. The highest BCUT2D eigenvalue weighted by molar-refractivity contribution is 14.0. The van der Waals surface area contributed by atoms with E-state index in [2.05, 4.69) is 20.6 Å². The van der Waals surface area contributed by atoms with Crippen LogP contribution in [0.15, 0.2) is 52.5 Å². The number of aromatic nitrogens is 1. The first-order valence-corrected chi connectivity index (χ1v) is 9.17. The molecule has 1 heterocycles. The first kappa shape index (κ1) is 22.6. The summed E-state index contributed by atoms with van der Waals surface area (Å²) in [6.45, 7) is 3.63. The Hall–Kier alpha value is -1.42. The first-order chi connectivity index (χ1) is 12.2. The molecule has 2 aromatic rings. The molecule has 0 radical (unpaired) electrons. The van der Waals surface area contributed by atoms with Gasteiger partial charge in [0.25, 0.3) is 0 Å². The summed E-state index contributed by atoms with van der Waals surface area (Å²) in [5.41, 5.74) is 0.326. The van der Waals surface area contributed by atoms with Crippen LogP contribution in [0.1, 0.15) is 19.0 Å². The molecule has 0 fully saturated rings. The van der Waals surface area contributed by atoms with Gasteiger partial charge in [0.05, 0.1) is 12.2 Å². The van der Waals surface area contributed by atoms with E-state index >= 15 is 0 Å². The van der Waals surface area contributed by atoms with E-state index in [-0.39, 0.29) is 42.2 Å². The third kappa shape index (κ3) is 8.31. The fourth-order valence-electron chi connectivity index (χ4n) is 2.03. The lowest BCUT2D eigenvalue weighted by atomic mass is 10.3. The van der Waals surface area contributed by atoms with Gasteiger partial charge in [-0.25, -0.2) is 13.8 Å². The number of pyridine rings is 1. The molecule has 0 amide bonds. The summed E-state index contributed by atoms with van der Waals surface area (Å²) in [6, 6.07) is 9.43. The van der Waals surface area contributed by atoms with Crippen LogP contribution in [0.3, 0.4) is 0 Å². The Morgan fingerprint density at radius 3 is 2.62 bits per heavy atom. The van der Waals surface area contributed by atoms with Crippen molar-refractivity contribution in [2.75, 3.05) is 18.8 Å². The minimum atomic E-state index is -0.349. The van der Waals surface area contributed by atoms with E-state index in [0.29, 0.717) is 11.7 Å². The first-order valence-electron chi connectivity index (χ1n) is 8.19. The lowest BCUT2D eigenvalue weighted by Crippen LogP contribution is -2.37. The number of guanidine groups is 1. The van der Waals surface area contributed by atoms with Gasteiger partial charge in [-0.15, -0.1) is 35.7 Å². The van der Waals surface area contributed by atoms with Gasteiger partial charge >= 0.3 is 0 Å². The van der Waals surface area contributed by atoms with E-state index in [9.17, 15) is 8.78 Å². The maximum absolute atomic E-state index is 13.6. The molecular weight excluding hydrogens is 469 g/mol. The number of rotatable bonds is 8. The molecule has 1 aromatic heterocycles. The number of thioether (sulfide) groups is 1. The molecule has 2 N–H and O–H groups in total. The summed E-state index contributed by atoms with van der Waals surface area (Å²) in [7, 11) is 0. The molecule has 142 valence electrons. The number of nitrogens with zero attached hydrogens (tertiary/aromatic N) is 2. The van der Waals surface area contributed by atoms with Crippen LogP contribution in [0, 0.1) is 11.6 Å². The van der Waals surface area contributed by atoms with Crippen molar-refractivity contribution in [1.29, 1.82) is 0 Å². The summed E-state index contributed by atoms with van der Waals surface area (Å²) in [5, 5.41) is 6.35. The fourth-order valence-corrected chi connectivity index (χ4v) is 2.88. The molecule has 0 aliphatic rings. The lowest BCUT2D eigenvalue weighted by Gasteiger charge is -2.11. The maximum atomic E-state index is 13.6. The van der Waals surface area contributed by atoms with Gasteiger partial charge in [-0.3, -0.25) is 4.98 Å². The van der Waals surface area contributed by atoms with Crippen LogP contribution in [0.2, 0.25) is 0 Å². The topological polar surface area (TPSA) is 49.3 Å². The van der Waals surface area contributed by atoms with Gasteiger partial charge in [0.1, 0.15) is 11.6 Å². The van der Waals surface area contributed by atoms with Crippen LogP contribution in [-0.2, 0) is 6.54 Å². The summed E-state index contributed by atoms with van der Waals surface area (Å²) < 4.78 is 26.4. The molecule has 0 bridgehead atoms. The molecule has 0 spiro atoms. The minimum absolute atomic E-state index is 0. The number of hydrogen-bond donors (Lipinski definition) is 2. The highest BCUT2D eigenvalue weighted by Crippen LogP contribution is 2.18. The Morgan fingerprint density at radius 2 is 1.92 bits per heavy atom. The SMILES string of the molecule is CCNC(=NCc1ncccc1F)NCCCSc1ccc(F)cc1.I. The van der Waals surface area contributed by atoms with Crippen molar-refractivity contribution < 1.29 is 8.78 Å². The Kier molecular flexibility index (Phi) is 11.2. The zero-order valence-electron chi connectivity index (χ0n) is 14.5. The average molecular weight is 492 g/mol. The Balaban J connectivity index is 0.00000338. The third-order valence-electron chi connectivity index (χ3n) is 3.26. The molecular formula is C18H23F2IN4S. The van der Waals surface area contributed by atoms with E-state index in [1.54, 1.807) is 36.2 Å². The van der Waals surface area contributed by atoms with Crippen LogP contribution in [0.25, 0.3) is 0 Å². The van der Waals surface area contributed by atoms with E-state index < -0.39 is 0 Å². The highest BCUT2D eigenvalue weighted by atomic mass is 127. The maximum Gasteiger partial charge on any atom is 0.191 e. The van der Waals surface area contributed by atoms with Gasteiger partial charge in [-0.1, -0.05) is 0 Å². The molecule has 0 unspecified atom stereocenters. The molecule has 0 aliphatic carbocycles. The number of nitrogens with one attached hydrogen (secondary N) is 2. The van der Waals surface area contributed by atoms with Crippen LogP contribution >= 0.6 is 35.7 Å². The van der Waals surface area contributed by atoms with Crippen molar-refractivity contribution in [2.45, 2.75) is 24.8 Å². The predicted molar refractivity (Wildman–Crippen MR) is 114 cm³/mol. The van der Waals surface area contributed by atoms with Crippen molar-refractivity contribution in [1.82, 2.24) is 15.6 Å². The van der Waals surface area contributed by atoms with Crippen molar-refractivity contribution in [3.8, 4) is 0 Å². The monoisotopic (exact) mass is 492 g/mol. The number of aliphatic imine (C=N–C) groups is 1. The van der Waals surface area contributed by atoms with Gasteiger partial charge in [0.2, 0.25) is 0 Å². The Labute approximate surface area is 174 Å². The summed E-state index contributed by atoms with van der Waals surface area (Å²) >= 11 is 1.68. The number of hydrogen-bond acceptors (Lipinski definition) is 3. The fraction of sp³-hybridized carbons (Fsp3) is 0.333. The van der Waals surface area contributed by atoms with E-state index in [1.807, 2.05) is 6.92 Å². The van der Waals surface area contributed by atoms with Crippen molar-refractivity contribution >= 4 is 41.7 Å². The van der Waals surface area contributed by atoms with E-state index in [4.69, 9.17) is 0 Å². The van der Waals surface area contributed by atoms with E-state index in [1.165, 1.54) is 18.2 Å². The number of halogens is 3. The van der Waals surface area contributed by atoms with E-state index in [0.717, 1.165) is 30.2 Å². The summed E-state index contributed by atoms with van der Waals surface area (Å²) in [6.07, 6.45) is 2.48. The molecule has 2 rings (SSSR count). The Bertz CT molecular complexity index is 683. The quantitative estimate of drug-likeness (QED) is 0.191. The van der Waals surface area contributed by atoms with Crippen LogP contribution in [0.4, 0.5) is 8.78 Å². The second kappa shape index (κ2) is 12.9. The molecule has 4 nitrogen and oxygen atoms in total. The second-order valence-electron chi connectivity index (χ2n) is 5.21. The average Bonchev–Trinajstić information content (AvgIpc) is 2.62. The van der Waals surface area contributed by atoms with Crippen LogP contribution in [0.5, 0.6) is 0 Å². The smallest absolute Gasteiger partial charge is 0.191 e. The molecule has 0 atom stereocenters. The third-order valence-corrected chi connectivity index (χ3v) is 4.36. The molecule has 8 heteroatoms. The van der Waals surface area contributed by atoms with Gasteiger partial charge in [0.15, 0.2) is 5.96 Å². The normalized spacial score (nSPS) is 11.0. The molecule has 0 aliphatic heterocycles. The van der Waals surface area contributed by atoms with Crippen LogP contribution in [-0.4, -0.2) is 29.8 Å². The van der Waals surface area contributed by atoms with Crippen molar-refractivity contribution in [3.05, 3.63) is 59.9 Å².